The van der Waals surface area contributed by atoms with Gasteiger partial charge in [-0.2, -0.15) is 0 Å². The lowest BCUT2D eigenvalue weighted by Crippen LogP contribution is -1.98. The van der Waals surface area contributed by atoms with Crippen LogP contribution in [-0.4, -0.2) is 11.1 Å². The molecule has 1 N–H and O–H groups in total. The fourth-order valence-corrected chi connectivity index (χ4v) is 2.12. The normalized spacial score (nSPS) is 10.1. The number of carbonyl (C=O) groups is 1. The zero-order valence-electron chi connectivity index (χ0n) is 10.5. The van der Waals surface area contributed by atoms with Crippen molar-refractivity contribution >= 4 is 35.0 Å². The van der Waals surface area contributed by atoms with Gasteiger partial charge in [0.15, 0.2) is 0 Å². The Kier molecular flexibility index (Phi) is 3.34. The second kappa shape index (κ2) is 4.94. The van der Waals surface area contributed by atoms with Crippen LogP contribution in [0.2, 0.25) is 0 Å². The van der Waals surface area contributed by atoms with E-state index in [9.17, 15) is 4.79 Å². The zero-order valence-corrected chi connectivity index (χ0v) is 10.5. The second-order valence-electron chi connectivity index (χ2n) is 4.19. The molecule has 0 spiro atoms. The van der Waals surface area contributed by atoms with Gasteiger partial charge in [-0.15, -0.1) is 0 Å². The first-order chi connectivity index (χ1) is 9.10. The van der Waals surface area contributed by atoms with Crippen LogP contribution < -0.4 is 0 Å². The van der Waals surface area contributed by atoms with E-state index in [0.29, 0.717) is 0 Å². The molecule has 19 heavy (non-hydrogen) atoms. The first kappa shape index (κ1) is 12.8. The molecule has 0 aliphatic carbocycles. The Labute approximate surface area is 112 Å². The van der Waals surface area contributed by atoms with E-state index in [-0.39, 0.29) is 5.56 Å². The minimum Gasteiger partial charge on any atom is -0.478 e. The smallest absolute Gasteiger partial charge is 0.335 e. The molecule has 0 aliphatic heterocycles. The number of hydrogen-bond acceptors (Lipinski definition) is 1. The van der Waals surface area contributed by atoms with Crippen LogP contribution in [0.5, 0.6) is 0 Å². The molecule has 0 heterocycles. The fraction of sp³-hybridized carbons (Fsp3) is 0. The summed E-state index contributed by atoms with van der Waals surface area (Å²) in [5.41, 5.74) is 2.89. The third-order valence-corrected chi connectivity index (χ3v) is 3.08. The summed E-state index contributed by atoms with van der Waals surface area (Å²) in [6.07, 6.45) is 5.13. The van der Waals surface area contributed by atoms with Crippen molar-refractivity contribution in [2.45, 2.75) is 0 Å². The van der Waals surface area contributed by atoms with Gasteiger partial charge in [-0.05, 0) is 51.7 Å². The minimum atomic E-state index is -0.951. The van der Waals surface area contributed by atoms with Crippen molar-refractivity contribution in [2.24, 2.45) is 0 Å². The molecule has 0 aliphatic rings. The number of rotatable bonds is 4. The fourth-order valence-electron chi connectivity index (χ4n) is 2.12. The Morgan fingerprint density at radius 3 is 2.00 bits per heavy atom. The molecular weight excluding hydrogens is 236 g/mol. The average Bonchev–Trinajstić information content (AvgIpc) is 2.44. The van der Waals surface area contributed by atoms with Crippen LogP contribution in [0, 0.1) is 0 Å². The monoisotopic (exact) mass is 250 g/mol. The lowest BCUT2D eigenvalue weighted by molar-refractivity contribution is 0.0697. The predicted molar refractivity (Wildman–Crippen MR) is 81.2 cm³/mol. The Bertz CT molecular complexity index is 709. The number of benzene rings is 2. The summed E-state index contributed by atoms with van der Waals surface area (Å²) in [6.45, 7) is 11.3. The number of fused-ring (bicyclic) bond motifs is 1. The van der Waals surface area contributed by atoms with Crippen molar-refractivity contribution in [3.8, 4) is 0 Å². The molecule has 0 saturated heterocycles. The SMILES string of the molecule is C=Cc1cc(C=C)c2cc(C(=O)O)cc(C=C)c2c1. The van der Waals surface area contributed by atoms with Crippen molar-refractivity contribution in [1.82, 2.24) is 0 Å². The maximum Gasteiger partial charge on any atom is 0.335 e. The lowest BCUT2D eigenvalue weighted by atomic mass is 9.94. The van der Waals surface area contributed by atoms with Gasteiger partial charge in [0.25, 0.3) is 0 Å². The molecule has 2 nitrogen and oxygen atoms in total. The Morgan fingerprint density at radius 1 is 0.895 bits per heavy atom. The third-order valence-electron chi connectivity index (χ3n) is 3.08. The highest BCUT2D eigenvalue weighted by atomic mass is 16.4. The molecule has 94 valence electrons. The van der Waals surface area contributed by atoms with Gasteiger partial charge in [-0.3, -0.25) is 0 Å². The summed E-state index contributed by atoms with van der Waals surface area (Å²) in [6, 6.07) is 7.19. The number of aromatic carboxylic acids is 1. The maximum atomic E-state index is 11.2. The van der Waals surface area contributed by atoms with Crippen LogP contribution in [0.1, 0.15) is 27.0 Å². The topological polar surface area (TPSA) is 37.3 Å². The average molecular weight is 250 g/mol. The molecule has 0 amide bonds. The molecule has 0 saturated carbocycles. The molecule has 0 fully saturated rings. The standard InChI is InChI=1S/C17H14O2/c1-4-11-7-12(5-2)16-10-14(17(18)19)9-13(6-3)15(16)8-11/h4-10H,1-3H2,(H,18,19). The summed E-state index contributed by atoms with van der Waals surface area (Å²) in [4.78, 5) is 11.2. The maximum absolute atomic E-state index is 11.2. The second-order valence-corrected chi connectivity index (χ2v) is 4.19. The minimum absolute atomic E-state index is 0.247. The number of hydrogen-bond donors (Lipinski definition) is 1. The van der Waals surface area contributed by atoms with Gasteiger partial charge in [0.2, 0.25) is 0 Å². The first-order valence-electron chi connectivity index (χ1n) is 5.83. The highest BCUT2D eigenvalue weighted by molar-refractivity contribution is 6.02. The molecule has 0 aromatic heterocycles. The van der Waals surface area contributed by atoms with E-state index in [2.05, 4.69) is 19.7 Å². The number of carboxylic acids is 1. The molecule has 0 unspecified atom stereocenters. The summed E-state index contributed by atoms with van der Waals surface area (Å²) in [5, 5.41) is 11.0. The Morgan fingerprint density at radius 2 is 1.47 bits per heavy atom. The van der Waals surface area contributed by atoms with Crippen LogP contribution in [0.3, 0.4) is 0 Å². The summed E-state index contributed by atoms with van der Waals surface area (Å²) in [7, 11) is 0. The van der Waals surface area contributed by atoms with Gasteiger partial charge in [-0.25, -0.2) is 4.79 Å². The highest BCUT2D eigenvalue weighted by Crippen LogP contribution is 2.28. The first-order valence-corrected chi connectivity index (χ1v) is 5.83. The Hall–Kier alpha value is -2.61. The van der Waals surface area contributed by atoms with Crippen molar-refractivity contribution in [1.29, 1.82) is 0 Å². The third kappa shape index (κ3) is 2.20. The Balaban J connectivity index is 2.96. The van der Waals surface area contributed by atoms with Gasteiger partial charge < -0.3 is 5.11 Å². The van der Waals surface area contributed by atoms with Crippen LogP contribution in [0.4, 0.5) is 0 Å². The van der Waals surface area contributed by atoms with Gasteiger partial charge in [-0.1, -0.05) is 38.0 Å². The van der Waals surface area contributed by atoms with E-state index in [1.165, 1.54) is 0 Å². The predicted octanol–water partition coefficient (Wildman–Crippen LogP) is 4.47. The lowest BCUT2D eigenvalue weighted by Gasteiger charge is -2.09. The summed E-state index contributed by atoms with van der Waals surface area (Å²) < 4.78 is 0. The molecule has 2 aromatic carbocycles. The van der Waals surface area contributed by atoms with E-state index >= 15 is 0 Å². The van der Waals surface area contributed by atoms with Crippen LogP contribution in [0.15, 0.2) is 44.0 Å². The van der Waals surface area contributed by atoms with E-state index < -0.39 is 5.97 Å². The van der Waals surface area contributed by atoms with Crippen molar-refractivity contribution in [3.05, 3.63) is 66.3 Å². The van der Waals surface area contributed by atoms with Crippen molar-refractivity contribution < 1.29 is 9.90 Å². The highest BCUT2D eigenvalue weighted by Gasteiger charge is 2.10. The largest absolute Gasteiger partial charge is 0.478 e. The van der Waals surface area contributed by atoms with Crippen LogP contribution in [0.25, 0.3) is 29.0 Å². The molecular formula is C17H14O2. The molecule has 2 rings (SSSR count). The molecule has 0 atom stereocenters. The van der Waals surface area contributed by atoms with Crippen LogP contribution in [-0.2, 0) is 0 Å². The molecule has 2 heteroatoms. The quantitative estimate of drug-likeness (QED) is 0.869. The van der Waals surface area contributed by atoms with E-state index in [4.69, 9.17) is 5.11 Å². The molecule has 0 bridgehead atoms. The van der Waals surface area contributed by atoms with Gasteiger partial charge in [0, 0.05) is 0 Å². The van der Waals surface area contributed by atoms with Crippen molar-refractivity contribution in [3.63, 3.8) is 0 Å². The summed E-state index contributed by atoms with van der Waals surface area (Å²) >= 11 is 0. The number of carboxylic acid groups (broad SMARTS) is 1. The molecule has 0 radical (unpaired) electrons. The molecule has 2 aromatic rings. The van der Waals surface area contributed by atoms with Gasteiger partial charge >= 0.3 is 5.97 Å². The van der Waals surface area contributed by atoms with Gasteiger partial charge in [0.05, 0.1) is 5.56 Å². The van der Waals surface area contributed by atoms with E-state index in [1.54, 1.807) is 30.4 Å². The van der Waals surface area contributed by atoms with E-state index in [0.717, 1.165) is 27.5 Å². The summed E-state index contributed by atoms with van der Waals surface area (Å²) in [5.74, 6) is -0.951. The van der Waals surface area contributed by atoms with E-state index in [1.807, 2.05) is 12.1 Å². The van der Waals surface area contributed by atoms with Crippen molar-refractivity contribution in [2.75, 3.05) is 0 Å². The van der Waals surface area contributed by atoms with Gasteiger partial charge in [0.1, 0.15) is 0 Å². The van der Waals surface area contributed by atoms with Crippen LogP contribution >= 0.6 is 0 Å². The zero-order chi connectivity index (χ0) is 14.0.